The molecule has 0 atom stereocenters. The van der Waals surface area contributed by atoms with Crippen LogP contribution < -0.4 is 5.32 Å². The Morgan fingerprint density at radius 1 is 1.32 bits per heavy atom. The van der Waals surface area contributed by atoms with Gasteiger partial charge in [-0.2, -0.15) is 0 Å². The summed E-state index contributed by atoms with van der Waals surface area (Å²) in [5, 5.41) is 3.20. The van der Waals surface area contributed by atoms with Gasteiger partial charge < -0.3 is 5.32 Å². The van der Waals surface area contributed by atoms with Crippen molar-refractivity contribution in [2.75, 3.05) is 14.1 Å². The minimum Gasteiger partial charge on any atom is -0.315 e. The third-order valence-corrected chi connectivity index (χ3v) is 4.11. The summed E-state index contributed by atoms with van der Waals surface area (Å²) in [5.41, 5.74) is 2.54. The standard InChI is InChI=1S/C15H21N3S/c1-12-13(8-15(19-12)9-16-2)10-18(3)11-14-6-4-5-7-17-14/h4-8,16H,9-11H2,1-3H3. The molecule has 0 amide bonds. The van der Waals surface area contributed by atoms with Crippen LogP contribution in [-0.4, -0.2) is 24.0 Å². The van der Waals surface area contributed by atoms with Gasteiger partial charge in [0, 0.05) is 35.6 Å². The highest BCUT2D eigenvalue weighted by molar-refractivity contribution is 7.12. The summed E-state index contributed by atoms with van der Waals surface area (Å²) < 4.78 is 0. The molecule has 102 valence electrons. The molecule has 0 saturated carbocycles. The van der Waals surface area contributed by atoms with E-state index in [1.54, 1.807) is 0 Å². The van der Waals surface area contributed by atoms with Gasteiger partial charge in [-0.15, -0.1) is 11.3 Å². The van der Waals surface area contributed by atoms with Crippen LogP contribution in [0, 0.1) is 6.92 Å². The number of thiophene rings is 1. The predicted molar refractivity (Wildman–Crippen MR) is 81.2 cm³/mol. The fourth-order valence-electron chi connectivity index (χ4n) is 2.12. The summed E-state index contributed by atoms with van der Waals surface area (Å²) in [4.78, 5) is 9.49. The molecule has 19 heavy (non-hydrogen) atoms. The molecule has 0 fully saturated rings. The van der Waals surface area contributed by atoms with Gasteiger partial charge in [0.2, 0.25) is 0 Å². The average Bonchev–Trinajstić information content (AvgIpc) is 2.71. The van der Waals surface area contributed by atoms with Gasteiger partial charge in [0.05, 0.1) is 5.69 Å². The molecule has 0 aliphatic carbocycles. The summed E-state index contributed by atoms with van der Waals surface area (Å²) in [6.07, 6.45) is 1.85. The molecule has 0 spiro atoms. The van der Waals surface area contributed by atoms with E-state index in [9.17, 15) is 0 Å². The lowest BCUT2D eigenvalue weighted by atomic mass is 10.2. The van der Waals surface area contributed by atoms with Gasteiger partial charge in [0.15, 0.2) is 0 Å². The molecule has 3 nitrogen and oxygen atoms in total. The topological polar surface area (TPSA) is 28.2 Å². The van der Waals surface area contributed by atoms with E-state index in [2.05, 4.69) is 41.3 Å². The molecule has 4 heteroatoms. The van der Waals surface area contributed by atoms with E-state index in [1.807, 2.05) is 36.7 Å². The monoisotopic (exact) mass is 275 g/mol. The zero-order valence-corrected chi connectivity index (χ0v) is 12.6. The van der Waals surface area contributed by atoms with Crippen LogP contribution in [0.4, 0.5) is 0 Å². The molecule has 0 saturated heterocycles. The SMILES string of the molecule is CNCc1cc(CN(C)Cc2ccccn2)c(C)s1. The van der Waals surface area contributed by atoms with E-state index in [0.29, 0.717) is 0 Å². The number of hydrogen-bond acceptors (Lipinski definition) is 4. The predicted octanol–water partition coefficient (Wildman–Crippen LogP) is 2.80. The van der Waals surface area contributed by atoms with Gasteiger partial charge in [0.25, 0.3) is 0 Å². The first-order chi connectivity index (χ1) is 9.19. The quantitative estimate of drug-likeness (QED) is 0.878. The number of nitrogens with one attached hydrogen (secondary N) is 1. The van der Waals surface area contributed by atoms with E-state index in [-0.39, 0.29) is 0 Å². The Hall–Kier alpha value is -1.23. The van der Waals surface area contributed by atoms with Crippen LogP contribution in [0.5, 0.6) is 0 Å². The summed E-state index contributed by atoms with van der Waals surface area (Å²) in [7, 11) is 4.13. The third kappa shape index (κ3) is 4.13. The largest absolute Gasteiger partial charge is 0.315 e. The lowest BCUT2D eigenvalue weighted by Gasteiger charge is -2.15. The third-order valence-electron chi connectivity index (χ3n) is 3.02. The highest BCUT2D eigenvalue weighted by Crippen LogP contribution is 2.22. The average molecular weight is 275 g/mol. The molecule has 2 aromatic rings. The summed E-state index contributed by atoms with van der Waals surface area (Å²) in [6, 6.07) is 8.38. The molecule has 0 aliphatic heterocycles. The Labute approximate surface area is 119 Å². The van der Waals surface area contributed by atoms with Crippen molar-refractivity contribution in [2.45, 2.75) is 26.6 Å². The van der Waals surface area contributed by atoms with E-state index in [0.717, 1.165) is 25.3 Å². The maximum Gasteiger partial charge on any atom is 0.0543 e. The zero-order chi connectivity index (χ0) is 13.7. The minimum atomic E-state index is 0.886. The lowest BCUT2D eigenvalue weighted by molar-refractivity contribution is 0.315. The lowest BCUT2D eigenvalue weighted by Crippen LogP contribution is -2.18. The molecule has 0 bridgehead atoms. The number of pyridine rings is 1. The Bertz CT molecular complexity index is 507. The van der Waals surface area contributed by atoms with Crippen LogP contribution in [0.2, 0.25) is 0 Å². The van der Waals surface area contributed by atoms with Crippen LogP contribution in [-0.2, 0) is 19.6 Å². The van der Waals surface area contributed by atoms with Gasteiger partial charge in [-0.05, 0) is 44.8 Å². The molecular formula is C15H21N3S. The molecular weight excluding hydrogens is 254 g/mol. The Morgan fingerprint density at radius 3 is 2.84 bits per heavy atom. The highest BCUT2D eigenvalue weighted by Gasteiger charge is 2.08. The first-order valence-corrected chi connectivity index (χ1v) is 7.32. The fourth-order valence-corrected chi connectivity index (χ4v) is 3.19. The number of rotatable bonds is 6. The normalized spacial score (nSPS) is 11.2. The van der Waals surface area contributed by atoms with E-state index in [4.69, 9.17) is 0 Å². The molecule has 0 unspecified atom stereocenters. The Balaban J connectivity index is 1.96. The van der Waals surface area contributed by atoms with Crippen LogP contribution in [0.25, 0.3) is 0 Å². The van der Waals surface area contributed by atoms with E-state index in [1.165, 1.54) is 15.3 Å². The van der Waals surface area contributed by atoms with E-state index >= 15 is 0 Å². The molecule has 1 N–H and O–H groups in total. The second-order valence-electron chi connectivity index (χ2n) is 4.82. The number of aromatic nitrogens is 1. The second-order valence-corrected chi connectivity index (χ2v) is 6.16. The van der Waals surface area contributed by atoms with Crippen molar-refractivity contribution in [3.05, 3.63) is 51.5 Å². The van der Waals surface area contributed by atoms with Crippen molar-refractivity contribution in [3.63, 3.8) is 0 Å². The maximum atomic E-state index is 4.37. The van der Waals surface area contributed by atoms with Crippen molar-refractivity contribution in [1.29, 1.82) is 0 Å². The molecule has 0 aromatic carbocycles. The second kappa shape index (κ2) is 6.80. The van der Waals surface area contributed by atoms with Crippen LogP contribution in [0.1, 0.15) is 21.0 Å². The van der Waals surface area contributed by atoms with Crippen molar-refractivity contribution < 1.29 is 0 Å². The zero-order valence-electron chi connectivity index (χ0n) is 11.8. The van der Waals surface area contributed by atoms with Crippen LogP contribution >= 0.6 is 11.3 Å². The molecule has 0 radical (unpaired) electrons. The van der Waals surface area contributed by atoms with Gasteiger partial charge in [0.1, 0.15) is 0 Å². The number of nitrogens with zero attached hydrogens (tertiary/aromatic N) is 2. The Morgan fingerprint density at radius 2 is 2.16 bits per heavy atom. The van der Waals surface area contributed by atoms with Gasteiger partial charge in [-0.3, -0.25) is 9.88 Å². The van der Waals surface area contributed by atoms with Crippen LogP contribution in [0.15, 0.2) is 30.5 Å². The highest BCUT2D eigenvalue weighted by atomic mass is 32.1. The summed E-state index contributed by atoms with van der Waals surface area (Å²) in [6.45, 7) is 5.02. The maximum absolute atomic E-state index is 4.37. The van der Waals surface area contributed by atoms with Crippen molar-refractivity contribution >= 4 is 11.3 Å². The smallest absolute Gasteiger partial charge is 0.0543 e. The molecule has 2 rings (SSSR count). The fraction of sp³-hybridized carbons (Fsp3) is 0.400. The van der Waals surface area contributed by atoms with Gasteiger partial charge in [-0.25, -0.2) is 0 Å². The Kier molecular flexibility index (Phi) is 5.07. The van der Waals surface area contributed by atoms with Crippen LogP contribution in [0.3, 0.4) is 0 Å². The van der Waals surface area contributed by atoms with E-state index < -0.39 is 0 Å². The number of hydrogen-bond donors (Lipinski definition) is 1. The van der Waals surface area contributed by atoms with Crippen molar-refractivity contribution in [3.8, 4) is 0 Å². The molecule has 2 aromatic heterocycles. The molecule has 0 aliphatic rings. The number of aryl methyl sites for hydroxylation is 1. The first kappa shape index (κ1) is 14.2. The van der Waals surface area contributed by atoms with Crippen molar-refractivity contribution in [2.24, 2.45) is 0 Å². The minimum absolute atomic E-state index is 0.886. The molecule has 2 heterocycles. The summed E-state index contributed by atoms with van der Waals surface area (Å²) in [5.74, 6) is 0. The first-order valence-electron chi connectivity index (χ1n) is 6.50. The summed E-state index contributed by atoms with van der Waals surface area (Å²) >= 11 is 1.88. The van der Waals surface area contributed by atoms with Crippen molar-refractivity contribution in [1.82, 2.24) is 15.2 Å². The van der Waals surface area contributed by atoms with Gasteiger partial charge >= 0.3 is 0 Å². The van der Waals surface area contributed by atoms with Gasteiger partial charge in [-0.1, -0.05) is 6.07 Å².